The zero-order valence-electron chi connectivity index (χ0n) is 18.0. The number of hydrogen-bond acceptors (Lipinski definition) is 4. The van der Waals surface area contributed by atoms with E-state index in [0.29, 0.717) is 33.1 Å². The summed E-state index contributed by atoms with van der Waals surface area (Å²) in [6.45, 7) is 3.26. The molecule has 0 fully saturated rings. The minimum absolute atomic E-state index is 0.135. The highest BCUT2D eigenvalue weighted by atomic mass is 35.5. The Morgan fingerprint density at radius 3 is 2.36 bits per heavy atom. The average molecular weight is 481 g/mol. The molecule has 8 heteroatoms. The van der Waals surface area contributed by atoms with Crippen LogP contribution in [0.15, 0.2) is 77.7 Å². The number of anilines is 2. The highest BCUT2D eigenvalue weighted by Crippen LogP contribution is 2.44. The van der Waals surface area contributed by atoms with Crippen molar-refractivity contribution in [2.75, 3.05) is 16.2 Å². The third-order valence-electron chi connectivity index (χ3n) is 5.35. The molecule has 3 aromatic rings. The zero-order chi connectivity index (χ0) is 23.8. The van der Waals surface area contributed by atoms with Crippen molar-refractivity contribution in [3.8, 4) is 0 Å². The summed E-state index contributed by atoms with van der Waals surface area (Å²) in [4.78, 5) is 24.9. The van der Waals surface area contributed by atoms with Crippen LogP contribution in [0.4, 0.5) is 11.4 Å². The summed E-state index contributed by atoms with van der Waals surface area (Å²) >= 11 is 6.27. The van der Waals surface area contributed by atoms with Crippen molar-refractivity contribution in [1.82, 2.24) is 0 Å². The van der Waals surface area contributed by atoms with Gasteiger partial charge in [-0.05, 0) is 49.7 Å². The molecule has 0 unspecified atom stereocenters. The number of rotatable bonds is 5. The van der Waals surface area contributed by atoms with Crippen molar-refractivity contribution in [3.63, 3.8) is 0 Å². The molecule has 0 aliphatic carbocycles. The van der Waals surface area contributed by atoms with Gasteiger partial charge in [-0.2, -0.15) is 0 Å². The molecule has 1 N–H and O–H groups in total. The first-order valence-electron chi connectivity index (χ1n) is 10.3. The molecule has 1 aliphatic heterocycles. The summed E-state index contributed by atoms with van der Waals surface area (Å²) in [5.41, 5.74) is 2.58. The van der Waals surface area contributed by atoms with E-state index in [4.69, 9.17) is 11.6 Å². The van der Waals surface area contributed by atoms with Gasteiger partial charge in [-0.25, -0.2) is 8.42 Å². The number of sulfonamides is 1. The Kier molecular flexibility index (Phi) is 6.10. The highest BCUT2D eigenvalue weighted by molar-refractivity contribution is 7.97. The van der Waals surface area contributed by atoms with Crippen LogP contribution in [0.5, 0.6) is 0 Å². The Balaban J connectivity index is 1.97. The van der Waals surface area contributed by atoms with Gasteiger partial charge in [0.05, 0.1) is 5.69 Å². The Hall–Kier alpha value is -3.42. The maximum atomic E-state index is 13.7. The van der Waals surface area contributed by atoms with Crippen LogP contribution in [0.1, 0.15) is 35.3 Å². The molecule has 33 heavy (non-hydrogen) atoms. The van der Waals surface area contributed by atoms with E-state index in [1.54, 1.807) is 67.6 Å². The molecule has 0 atom stereocenters. The molecule has 4 rings (SSSR count). The standard InChI is InChI=1S/C25H21ClN2O4S/c1-3-28-22-13-12-19(26)15-21(22)23(17-8-5-4-6-9-17)24(33(28,31)32)25(30)27-20-11-7-10-18(14-20)16(2)29/h4-15H,3H2,1-2H3,(H,27,30). The van der Waals surface area contributed by atoms with Crippen molar-refractivity contribution in [3.05, 3.63) is 99.4 Å². The van der Waals surface area contributed by atoms with E-state index in [-0.39, 0.29) is 22.8 Å². The fraction of sp³-hybridized carbons (Fsp3) is 0.120. The molecular formula is C25H21ClN2O4S. The molecule has 1 heterocycles. The van der Waals surface area contributed by atoms with Gasteiger partial charge in [0.25, 0.3) is 15.9 Å². The number of halogens is 1. The van der Waals surface area contributed by atoms with Gasteiger partial charge in [-0.15, -0.1) is 0 Å². The number of ketones is 1. The Morgan fingerprint density at radius 1 is 0.970 bits per heavy atom. The lowest BCUT2D eigenvalue weighted by Crippen LogP contribution is -2.39. The Bertz CT molecular complexity index is 1400. The van der Waals surface area contributed by atoms with Crippen molar-refractivity contribution >= 4 is 50.3 Å². The van der Waals surface area contributed by atoms with E-state index in [9.17, 15) is 18.0 Å². The second-order valence-corrected chi connectivity index (χ2v) is 9.73. The molecular weight excluding hydrogens is 460 g/mol. The van der Waals surface area contributed by atoms with E-state index in [1.807, 2.05) is 6.07 Å². The van der Waals surface area contributed by atoms with Gasteiger partial charge in [-0.1, -0.05) is 54.1 Å². The van der Waals surface area contributed by atoms with Crippen LogP contribution in [-0.4, -0.2) is 26.7 Å². The molecule has 1 amide bonds. The number of carbonyl (C=O) groups is 2. The average Bonchev–Trinajstić information content (AvgIpc) is 2.78. The molecule has 0 aromatic heterocycles. The molecule has 3 aromatic carbocycles. The predicted octanol–water partition coefficient (Wildman–Crippen LogP) is 5.11. The number of nitrogens with one attached hydrogen (secondary N) is 1. The van der Waals surface area contributed by atoms with Gasteiger partial charge in [0, 0.05) is 34.0 Å². The normalized spacial score (nSPS) is 14.6. The van der Waals surface area contributed by atoms with Crippen LogP contribution >= 0.6 is 11.6 Å². The summed E-state index contributed by atoms with van der Waals surface area (Å²) in [7, 11) is -4.19. The monoisotopic (exact) mass is 480 g/mol. The largest absolute Gasteiger partial charge is 0.321 e. The maximum Gasteiger partial charge on any atom is 0.270 e. The molecule has 6 nitrogen and oxygen atoms in total. The summed E-state index contributed by atoms with van der Waals surface area (Å²) in [5.74, 6) is -0.958. The Labute approximate surface area is 197 Å². The number of Topliss-reactive ketones (excluding diaryl/α,β-unsaturated/α-hetero) is 1. The smallest absolute Gasteiger partial charge is 0.270 e. The van der Waals surface area contributed by atoms with Gasteiger partial charge < -0.3 is 5.32 Å². The summed E-state index contributed by atoms with van der Waals surface area (Å²) in [6, 6.07) is 20.2. The second kappa shape index (κ2) is 8.84. The number of fused-ring (bicyclic) bond motifs is 1. The fourth-order valence-electron chi connectivity index (χ4n) is 3.88. The van der Waals surface area contributed by atoms with Crippen molar-refractivity contribution in [2.45, 2.75) is 13.8 Å². The first kappa shape index (κ1) is 22.8. The van der Waals surface area contributed by atoms with Gasteiger partial charge in [0.1, 0.15) is 0 Å². The van der Waals surface area contributed by atoms with Crippen molar-refractivity contribution < 1.29 is 18.0 Å². The maximum absolute atomic E-state index is 13.7. The molecule has 0 bridgehead atoms. The van der Waals surface area contributed by atoms with Crippen LogP contribution in [-0.2, 0) is 14.8 Å². The molecule has 0 radical (unpaired) electrons. The highest BCUT2D eigenvalue weighted by Gasteiger charge is 2.40. The van der Waals surface area contributed by atoms with Gasteiger partial charge in [0.15, 0.2) is 10.7 Å². The minimum Gasteiger partial charge on any atom is -0.321 e. The summed E-state index contributed by atoms with van der Waals surface area (Å²) < 4.78 is 28.6. The van der Waals surface area contributed by atoms with Gasteiger partial charge >= 0.3 is 0 Å². The van der Waals surface area contributed by atoms with E-state index in [1.165, 1.54) is 17.3 Å². The van der Waals surface area contributed by atoms with Gasteiger partial charge in [0.2, 0.25) is 0 Å². The van der Waals surface area contributed by atoms with Crippen LogP contribution < -0.4 is 9.62 Å². The third kappa shape index (κ3) is 4.17. The van der Waals surface area contributed by atoms with Crippen LogP contribution in [0.2, 0.25) is 5.02 Å². The third-order valence-corrected chi connectivity index (χ3v) is 7.53. The number of nitrogens with zero attached hydrogens (tertiary/aromatic N) is 1. The predicted molar refractivity (Wildman–Crippen MR) is 131 cm³/mol. The van der Waals surface area contributed by atoms with E-state index in [0.717, 1.165) is 0 Å². The lowest BCUT2D eigenvalue weighted by atomic mass is 9.95. The van der Waals surface area contributed by atoms with E-state index in [2.05, 4.69) is 5.32 Å². The lowest BCUT2D eigenvalue weighted by molar-refractivity contribution is -0.112. The molecule has 0 spiro atoms. The summed E-state index contributed by atoms with van der Waals surface area (Å²) in [6.07, 6.45) is 0. The first-order chi connectivity index (χ1) is 15.7. The second-order valence-electron chi connectivity index (χ2n) is 7.49. The zero-order valence-corrected chi connectivity index (χ0v) is 19.6. The molecule has 0 saturated heterocycles. The quantitative estimate of drug-likeness (QED) is 0.514. The topological polar surface area (TPSA) is 83.6 Å². The first-order valence-corrected chi connectivity index (χ1v) is 12.1. The SMILES string of the molecule is CCN1c2ccc(Cl)cc2C(c2ccccc2)=C(C(=O)Nc2cccc(C(C)=O)c2)S1(=O)=O. The lowest BCUT2D eigenvalue weighted by Gasteiger charge is -2.33. The van der Waals surface area contributed by atoms with Gasteiger partial charge in [-0.3, -0.25) is 13.9 Å². The molecule has 0 saturated carbocycles. The molecule has 168 valence electrons. The number of amides is 1. The van der Waals surface area contributed by atoms with Crippen molar-refractivity contribution in [1.29, 1.82) is 0 Å². The fourth-order valence-corrected chi connectivity index (χ4v) is 5.80. The van der Waals surface area contributed by atoms with E-state index < -0.39 is 15.9 Å². The van der Waals surface area contributed by atoms with Crippen LogP contribution in [0.25, 0.3) is 5.57 Å². The summed E-state index contributed by atoms with van der Waals surface area (Å²) in [5, 5.41) is 3.09. The van der Waals surface area contributed by atoms with Crippen molar-refractivity contribution in [2.24, 2.45) is 0 Å². The Morgan fingerprint density at radius 2 is 1.70 bits per heavy atom. The number of benzene rings is 3. The van der Waals surface area contributed by atoms with Crippen LogP contribution in [0.3, 0.4) is 0 Å². The number of hydrogen-bond donors (Lipinski definition) is 1. The minimum atomic E-state index is -4.19. The number of carbonyl (C=O) groups excluding carboxylic acids is 2. The van der Waals surface area contributed by atoms with E-state index >= 15 is 0 Å². The molecule has 1 aliphatic rings. The van der Waals surface area contributed by atoms with Crippen LogP contribution in [0, 0.1) is 0 Å².